The predicted molar refractivity (Wildman–Crippen MR) is 63.2 cm³/mol. The summed E-state index contributed by atoms with van der Waals surface area (Å²) < 4.78 is 31.9. The molecule has 0 bridgehead atoms. The standard InChI is InChI=1S/C10H17N3O4S/c1-7-8(2-3-17-7)5-12-18(15,16)10-9(6-14)4-11-13-10/h4,7-8,12,14H,2-3,5-6H2,1H3,(H,11,13). The maximum absolute atomic E-state index is 12.0. The third-order valence-corrected chi connectivity index (χ3v) is 4.62. The van der Waals surface area contributed by atoms with E-state index < -0.39 is 10.0 Å². The molecule has 1 aliphatic heterocycles. The fourth-order valence-electron chi connectivity index (χ4n) is 1.98. The van der Waals surface area contributed by atoms with Crippen LogP contribution in [0.2, 0.25) is 0 Å². The lowest BCUT2D eigenvalue weighted by Gasteiger charge is -2.14. The van der Waals surface area contributed by atoms with Crippen LogP contribution in [0.3, 0.4) is 0 Å². The van der Waals surface area contributed by atoms with E-state index in [0.717, 1.165) is 6.42 Å². The summed E-state index contributed by atoms with van der Waals surface area (Å²) in [7, 11) is -3.65. The molecule has 2 rings (SSSR count). The van der Waals surface area contributed by atoms with Gasteiger partial charge < -0.3 is 9.84 Å². The smallest absolute Gasteiger partial charge is 0.257 e. The van der Waals surface area contributed by atoms with Gasteiger partial charge in [0.25, 0.3) is 10.0 Å². The van der Waals surface area contributed by atoms with Gasteiger partial charge in [0.2, 0.25) is 0 Å². The summed E-state index contributed by atoms with van der Waals surface area (Å²) in [6.45, 7) is 2.56. The molecule has 18 heavy (non-hydrogen) atoms. The van der Waals surface area contributed by atoms with E-state index in [4.69, 9.17) is 9.84 Å². The van der Waals surface area contributed by atoms with Gasteiger partial charge in [-0.2, -0.15) is 5.10 Å². The van der Waals surface area contributed by atoms with Gasteiger partial charge >= 0.3 is 0 Å². The van der Waals surface area contributed by atoms with E-state index in [1.165, 1.54) is 6.20 Å². The van der Waals surface area contributed by atoms with Crippen molar-refractivity contribution in [3.05, 3.63) is 11.8 Å². The number of rotatable bonds is 5. The SMILES string of the molecule is CC1OCCC1CNS(=O)(=O)c1[nH]ncc1CO. The molecule has 0 radical (unpaired) electrons. The van der Waals surface area contributed by atoms with Gasteiger partial charge in [0.1, 0.15) is 0 Å². The van der Waals surface area contributed by atoms with E-state index >= 15 is 0 Å². The molecule has 1 aromatic rings. The number of ether oxygens (including phenoxy) is 1. The molecule has 0 spiro atoms. The summed E-state index contributed by atoms with van der Waals surface area (Å²) in [5.41, 5.74) is 0.262. The minimum atomic E-state index is -3.65. The van der Waals surface area contributed by atoms with Crippen LogP contribution < -0.4 is 4.72 Å². The zero-order valence-electron chi connectivity index (χ0n) is 10.1. The Bertz CT molecular complexity index is 499. The van der Waals surface area contributed by atoms with Gasteiger partial charge in [-0.05, 0) is 13.3 Å². The molecule has 7 nitrogen and oxygen atoms in total. The summed E-state index contributed by atoms with van der Waals surface area (Å²) in [6, 6.07) is 0. The number of aliphatic hydroxyl groups is 1. The summed E-state index contributed by atoms with van der Waals surface area (Å²) in [5, 5.41) is 15.0. The number of H-pyrrole nitrogens is 1. The van der Waals surface area contributed by atoms with Crippen LogP contribution in [0.25, 0.3) is 0 Å². The number of hydrogen-bond donors (Lipinski definition) is 3. The molecule has 102 valence electrons. The Labute approximate surface area is 106 Å². The first kappa shape index (κ1) is 13.5. The second-order valence-corrected chi connectivity index (χ2v) is 6.06. The van der Waals surface area contributed by atoms with E-state index in [1.807, 2.05) is 6.92 Å². The number of aliphatic hydroxyl groups excluding tert-OH is 1. The molecule has 2 heterocycles. The van der Waals surface area contributed by atoms with Crippen molar-refractivity contribution in [3.8, 4) is 0 Å². The Hall–Kier alpha value is -0.960. The number of sulfonamides is 1. The lowest BCUT2D eigenvalue weighted by atomic mass is 10.0. The number of aromatic amines is 1. The third kappa shape index (κ3) is 2.72. The van der Waals surface area contributed by atoms with Gasteiger partial charge in [-0.15, -0.1) is 0 Å². The van der Waals surface area contributed by atoms with E-state index in [2.05, 4.69) is 14.9 Å². The highest BCUT2D eigenvalue weighted by molar-refractivity contribution is 7.89. The highest BCUT2D eigenvalue weighted by Crippen LogP contribution is 2.20. The lowest BCUT2D eigenvalue weighted by Crippen LogP contribution is -2.32. The Morgan fingerprint density at radius 2 is 2.44 bits per heavy atom. The quantitative estimate of drug-likeness (QED) is 0.678. The summed E-state index contributed by atoms with van der Waals surface area (Å²) in [4.78, 5) is 0. The van der Waals surface area contributed by atoms with Gasteiger partial charge in [-0.25, -0.2) is 13.1 Å². The Morgan fingerprint density at radius 3 is 3.06 bits per heavy atom. The van der Waals surface area contributed by atoms with Crippen LogP contribution >= 0.6 is 0 Å². The molecular formula is C10H17N3O4S. The first-order chi connectivity index (χ1) is 8.54. The number of aromatic nitrogens is 2. The summed E-state index contributed by atoms with van der Waals surface area (Å²) >= 11 is 0. The van der Waals surface area contributed by atoms with Crippen LogP contribution in [0.4, 0.5) is 0 Å². The van der Waals surface area contributed by atoms with E-state index in [-0.39, 0.29) is 29.2 Å². The topological polar surface area (TPSA) is 104 Å². The Morgan fingerprint density at radius 1 is 1.67 bits per heavy atom. The van der Waals surface area contributed by atoms with E-state index in [1.54, 1.807) is 0 Å². The van der Waals surface area contributed by atoms with Crippen LogP contribution in [-0.4, -0.2) is 43.0 Å². The molecule has 2 unspecified atom stereocenters. The first-order valence-electron chi connectivity index (χ1n) is 5.79. The fraction of sp³-hybridized carbons (Fsp3) is 0.700. The zero-order chi connectivity index (χ0) is 13.2. The molecule has 0 amide bonds. The molecule has 1 aromatic heterocycles. The third-order valence-electron chi connectivity index (χ3n) is 3.19. The van der Waals surface area contributed by atoms with Gasteiger partial charge in [-0.3, -0.25) is 5.10 Å². The molecule has 0 aromatic carbocycles. The van der Waals surface area contributed by atoms with Crippen molar-refractivity contribution >= 4 is 10.0 Å². The van der Waals surface area contributed by atoms with Gasteiger partial charge in [0.15, 0.2) is 5.03 Å². The predicted octanol–water partition coefficient (Wildman–Crippen LogP) is -0.395. The minimum Gasteiger partial charge on any atom is -0.392 e. The van der Waals surface area contributed by atoms with Gasteiger partial charge in [0, 0.05) is 24.6 Å². The monoisotopic (exact) mass is 275 g/mol. The molecule has 1 saturated heterocycles. The molecule has 8 heteroatoms. The Kier molecular flexibility index (Phi) is 4.00. The zero-order valence-corrected chi connectivity index (χ0v) is 10.9. The average molecular weight is 275 g/mol. The lowest BCUT2D eigenvalue weighted by molar-refractivity contribution is 0.107. The second kappa shape index (κ2) is 5.35. The van der Waals surface area contributed by atoms with Crippen LogP contribution in [0, 0.1) is 5.92 Å². The van der Waals surface area contributed by atoms with Gasteiger partial charge in [0.05, 0.1) is 18.9 Å². The fourth-order valence-corrected chi connectivity index (χ4v) is 3.19. The largest absolute Gasteiger partial charge is 0.392 e. The van der Waals surface area contributed by atoms with Crippen molar-refractivity contribution in [1.29, 1.82) is 0 Å². The molecule has 2 atom stereocenters. The molecule has 3 N–H and O–H groups in total. The van der Waals surface area contributed by atoms with Crippen molar-refractivity contribution in [3.63, 3.8) is 0 Å². The highest BCUT2D eigenvalue weighted by atomic mass is 32.2. The highest BCUT2D eigenvalue weighted by Gasteiger charge is 2.27. The number of hydrogen-bond acceptors (Lipinski definition) is 5. The molecule has 0 aliphatic carbocycles. The van der Waals surface area contributed by atoms with Gasteiger partial charge in [-0.1, -0.05) is 0 Å². The minimum absolute atomic E-state index is 0.0618. The molecule has 1 fully saturated rings. The van der Waals surface area contributed by atoms with Crippen LogP contribution in [0.15, 0.2) is 11.2 Å². The summed E-state index contributed by atoms with van der Waals surface area (Å²) in [6.07, 6.45) is 2.21. The first-order valence-corrected chi connectivity index (χ1v) is 7.27. The van der Waals surface area contributed by atoms with Crippen molar-refractivity contribution in [1.82, 2.24) is 14.9 Å². The Balaban J connectivity index is 2.03. The van der Waals surface area contributed by atoms with Crippen LogP contribution in [0.5, 0.6) is 0 Å². The van der Waals surface area contributed by atoms with Crippen molar-refractivity contribution < 1.29 is 18.3 Å². The normalized spacial score (nSPS) is 24.6. The van der Waals surface area contributed by atoms with Crippen molar-refractivity contribution in [2.24, 2.45) is 5.92 Å². The molecule has 0 saturated carbocycles. The van der Waals surface area contributed by atoms with Crippen LogP contribution in [0.1, 0.15) is 18.9 Å². The van der Waals surface area contributed by atoms with Crippen molar-refractivity contribution in [2.75, 3.05) is 13.2 Å². The number of nitrogens with zero attached hydrogens (tertiary/aromatic N) is 1. The van der Waals surface area contributed by atoms with E-state index in [9.17, 15) is 8.42 Å². The maximum atomic E-state index is 12.0. The van der Waals surface area contributed by atoms with Crippen molar-refractivity contribution in [2.45, 2.75) is 31.1 Å². The molecule has 1 aliphatic rings. The second-order valence-electron chi connectivity index (χ2n) is 4.36. The molecular weight excluding hydrogens is 258 g/mol. The summed E-state index contributed by atoms with van der Waals surface area (Å²) in [5.74, 6) is 0.181. The number of nitrogens with one attached hydrogen (secondary N) is 2. The maximum Gasteiger partial charge on any atom is 0.257 e. The average Bonchev–Trinajstić information content (AvgIpc) is 2.95. The van der Waals surface area contributed by atoms with E-state index in [0.29, 0.717) is 13.2 Å². The van der Waals surface area contributed by atoms with Crippen LogP contribution in [-0.2, 0) is 21.4 Å².